The van der Waals surface area contributed by atoms with E-state index < -0.39 is 14.7 Å². The third-order valence-corrected chi connectivity index (χ3v) is 7.39. The van der Waals surface area contributed by atoms with Crippen molar-refractivity contribution >= 4 is 26.0 Å². The predicted molar refractivity (Wildman–Crippen MR) is 71.8 cm³/mol. The molecule has 0 fully saturated rings. The highest BCUT2D eigenvalue weighted by molar-refractivity contribution is 8.54. The van der Waals surface area contributed by atoms with Crippen molar-refractivity contribution in [2.45, 2.75) is 31.2 Å². The van der Waals surface area contributed by atoms with Crippen LogP contribution >= 0.6 is 19.9 Å². The van der Waals surface area contributed by atoms with Crippen LogP contribution in [0.2, 0.25) is 0 Å². The molecule has 0 aromatic heterocycles. The van der Waals surface area contributed by atoms with Gasteiger partial charge in [-0.25, -0.2) is 0 Å². The number of aryl methyl sites for hydroxylation is 1. The first-order valence-electron chi connectivity index (χ1n) is 5.59. The molecule has 0 N–H and O–H groups in total. The predicted octanol–water partition coefficient (Wildman–Crippen LogP) is 5.84. The van der Waals surface area contributed by atoms with Gasteiger partial charge in [0.05, 0.1) is 0 Å². The second-order valence-corrected chi connectivity index (χ2v) is 8.56. The third-order valence-electron chi connectivity index (χ3n) is 2.98. The van der Waals surface area contributed by atoms with Crippen LogP contribution in [0, 0.1) is 12.8 Å². The minimum Gasteiger partial charge on any atom is -0.160 e. The average molecular weight is 295 g/mol. The zero-order valence-corrected chi connectivity index (χ0v) is 11.9. The maximum absolute atomic E-state index is 13.4. The van der Waals surface area contributed by atoms with E-state index in [-0.39, 0.29) is 10.8 Å². The number of hydrogen-bond donors (Lipinski definition) is 0. The van der Waals surface area contributed by atoms with Crippen LogP contribution in [0.4, 0.5) is 13.2 Å². The van der Waals surface area contributed by atoms with Gasteiger partial charge < -0.3 is 0 Å². The molecule has 0 amide bonds. The SMILES string of the molecule is Cc1ccc2c(c1)C=C(C(C)C)S2(Cl)C(F)(F)F. The summed E-state index contributed by atoms with van der Waals surface area (Å²) in [5, 5.41) is 0. The van der Waals surface area contributed by atoms with E-state index in [0.717, 1.165) is 5.56 Å². The molecule has 0 bridgehead atoms. The van der Waals surface area contributed by atoms with Crippen LogP contribution in [0.3, 0.4) is 0 Å². The molecular formula is C13H14ClF3S. The molecule has 1 atom stereocenters. The van der Waals surface area contributed by atoms with Gasteiger partial charge in [0.25, 0.3) is 0 Å². The van der Waals surface area contributed by atoms with E-state index in [1.54, 1.807) is 32.1 Å². The first-order valence-corrected chi connectivity index (χ1v) is 8.05. The highest BCUT2D eigenvalue weighted by atomic mass is 35.7. The van der Waals surface area contributed by atoms with Gasteiger partial charge >= 0.3 is 5.51 Å². The molecule has 1 aromatic rings. The third kappa shape index (κ3) is 1.86. The molecule has 100 valence electrons. The molecule has 1 aliphatic heterocycles. The molecule has 5 heteroatoms. The highest BCUT2D eigenvalue weighted by Gasteiger charge is 2.56. The van der Waals surface area contributed by atoms with Crippen LogP contribution < -0.4 is 0 Å². The summed E-state index contributed by atoms with van der Waals surface area (Å²) in [4.78, 5) is 0.531. The largest absolute Gasteiger partial charge is 0.445 e. The van der Waals surface area contributed by atoms with Crippen LogP contribution in [0.25, 0.3) is 6.08 Å². The number of hydrogen-bond acceptors (Lipinski definition) is 0. The number of fused-ring (bicyclic) bond motifs is 1. The van der Waals surface area contributed by atoms with E-state index in [2.05, 4.69) is 0 Å². The number of allylic oxidation sites excluding steroid dienone is 1. The van der Waals surface area contributed by atoms with E-state index in [1.807, 2.05) is 6.92 Å². The maximum Gasteiger partial charge on any atom is 0.445 e. The van der Waals surface area contributed by atoms with Crippen molar-refractivity contribution < 1.29 is 13.2 Å². The summed E-state index contributed by atoms with van der Waals surface area (Å²) in [5.41, 5.74) is -2.86. The molecule has 0 radical (unpaired) electrons. The van der Waals surface area contributed by atoms with Crippen LogP contribution in [0.15, 0.2) is 28.0 Å². The van der Waals surface area contributed by atoms with Gasteiger partial charge in [-0.3, -0.25) is 0 Å². The van der Waals surface area contributed by atoms with Crippen molar-refractivity contribution in [1.29, 1.82) is 0 Å². The van der Waals surface area contributed by atoms with Gasteiger partial charge in [-0.1, -0.05) is 31.5 Å². The van der Waals surface area contributed by atoms with Crippen LogP contribution in [-0.2, 0) is 0 Å². The van der Waals surface area contributed by atoms with Crippen LogP contribution in [0.1, 0.15) is 25.0 Å². The van der Waals surface area contributed by atoms with Crippen molar-refractivity contribution in [2.75, 3.05) is 0 Å². The van der Waals surface area contributed by atoms with Gasteiger partial charge in [0.1, 0.15) is 0 Å². The normalized spacial score (nSPS) is 26.8. The Bertz CT molecular complexity index is 519. The lowest BCUT2D eigenvalue weighted by atomic mass is 10.1. The Morgan fingerprint density at radius 1 is 1.22 bits per heavy atom. The first kappa shape index (κ1) is 13.8. The van der Waals surface area contributed by atoms with Gasteiger partial charge in [-0.15, -0.1) is 0 Å². The van der Waals surface area contributed by atoms with Crippen molar-refractivity contribution in [3.63, 3.8) is 0 Å². The van der Waals surface area contributed by atoms with Crippen LogP contribution in [0.5, 0.6) is 0 Å². The van der Waals surface area contributed by atoms with Crippen molar-refractivity contribution in [3.05, 3.63) is 34.2 Å². The number of alkyl halides is 3. The summed E-state index contributed by atoms with van der Waals surface area (Å²) in [6.45, 7) is 5.36. The minimum atomic E-state index is -4.41. The molecule has 1 unspecified atom stereocenters. The Morgan fingerprint density at radius 2 is 1.83 bits per heavy atom. The van der Waals surface area contributed by atoms with E-state index >= 15 is 0 Å². The second kappa shape index (κ2) is 4.20. The van der Waals surface area contributed by atoms with E-state index in [0.29, 0.717) is 10.5 Å². The maximum atomic E-state index is 13.4. The average Bonchev–Trinajstić information content (AvgIpc) is 2.52. The van der Waals surface area contributed by atoms with E-state index in [4.69, 9.17) is 10.7 Å². The molecule has 1 aliphatic rings. The van der Waals surface area contributed by atoms with Gasteiger partial charge in [-0.05, 0) is 55.4 Å². The molecular weight excluding hydrogens is 281 g/mol. The van der Waals surface area contributed by atoms with Gasteiger partial charge in [-0.2, -0.15) is 13.2 Å². The zero-order valence-electron chi connectivity index (χ0n) is 10.3. The monoisotopic (exact) mass is 294 g/mol. The molecule has 2 rings (SSSR count). The molecule has 0 saturated carbocycles. The van der Waals surface area contributed by atoms with Crippen molar-refractivity contribution in [3.8, 4) is 0 Å². The van der Waals surface area contributed by atoms with Crippen LogP contribution in [-0.4, -0.2) is 5.51 Å². The summed E-state index contributed by atoms with van der Waals surface area (Å²) in [6, 6.07) is 4.97. The summed E-state index contributed by atoms with van der Waals surface area (Å²) in [5.74, 6) is -0.216. The molecule has 0 saturated heterocycles. The molecule has 0 nitrogen and oxygen atoms in total. The Kier molecular flexibility index (Phi) is 3.23. The Labute approximate surface area is 111 Å². The second-order valence-electron chi connectivity index (χ2n) is 4.73. The van der Waals surface area contributed by atoms with Gasteiger partial charge in [0.2, 0.25) is 0 Å². The molecule has 18 heavy (non-hydrogen) atoms. The zero-order chi connectivity index (χ0) is 13.7. The lowest BCUT2D eigenvalue weighted by Gasteiger charge is -2.36. The van der Waals surface area contributed by atoms with E-state index in [1.165, 1.54) is 6.07 Å². The Balaban J connectivity index is 2.69. The number of halogens is 4. The lowest BCUT2D eigenvalue weighted by Crippen LogP contribution is -2.18. The summed E-state index contributed by atoms with van der Waals surface area (Å²) >= 11 is 0. The number of rotatable bonds is 1. The lowest BCUT2D eigenvalue weighted by molar-refractivity contribution is -0.0360. The summed E-state index contributed by atoms with van der Waals surface area (Å²) in [7, 11) is 2.68. The topological polar surface area (TPSA) is 0 Å². The molecule has 0 aliphatic carbocycles. The minimum absolute atomic E-state index is 0.216. The quantitative estimate of drug-likeness (QED) is 0.610. The van der Waals surface area contributed by atoms with Gasteiger partial charge in [0, 0.05) is 4.90 Å². The Hall–Kier alpha value is -0.610. The molecule has 1 aromatic carbocycles. The fourth-order valence-corrected chi connectivity index (χ4v) is 5.65. The Morgan fingerprint density at radius 3 is 2.33 bits per heavy atom. The fraction of sp³-hybridized carbons (Fsp3) is 0.385. The fourth-order valence-electron chi connectivity index (χ4n) is 2.15. The first-order chi connectivity index (χ1) is 8.18. The standard InChI is InChI=1S/C13H14ClF3S/c1-8(2)12-7-10-6-9(3)4-5-11(10)18(12,14)13(15,16)17/h4-8H,1-3H3. The van der Waals surface area contributed by atoms with Crippen molar-refractivity contribution in [1.82, 2.24) is 0 Å². The molecule has 1 heterocycles. The smallest absolute Gasteiger partial charge is 0.160 e. The summed E-state index contributed by atoms with van der Waals surface area (Å²) < 4.78 is 40.2. The van der Waals surface area contributed by atoms with E-state index in [9.17, 15) is 13.2 Å². The summed E-state index contributed by atoms with van der Waals surface area (Å²) in [6.07, 6.45) is 1.61. The highest BCUT2D eigenvalue weighted by Crippen LogP contribution is 2.80. The van der Waals surface area contributed by atoms with Gasteiger partial charge in [0.15, 0.2) is 0 Å². The number of benzene rings is 1. The van der Waals surface area contributed by atoms with Crippen molar-refractivity contribution in [2.24, 2.45) is 5.92 Å². The molecule has 0 spiro atoms.